The first-order valence-electron chi connectivity index (χ1n) is 8.75. The molecule has 144 valence electrons. The van der Waals surface area contributed by atoms with Gasteiger partial charge in [-0.25, -0.2) is 16.8 Å². The summed E-state index contributed by atoms with van der Waals surface area (Å²) in [4.78, 5) is 11.2. The number of amides is 1. The van der Waals surface area contributed by atoms with Gasteiger partial charge < -0.3 is 10.6 Å². The molecule has 0 bridgehead atoms. The number of rotatable bonds is 5. The molecule has 1 aromatic rings. The highest BCUT2D eigenvalue weighted by Crippen LogP contribution is 2.28. The van der Waals surface area contributed by atoms with Crippen molar-refractivity contribution in [2.75, 3.05) is 16.8 Å². The Morgan fingerprint density at radius 3 is 2.27 bits per heavy atom. The molecule has 2 atom stereocenters. The number of hydrogen-bond acceptors (Lipinski definition) is 6. The monoisotopic (exact) mass is 400 g/mol. The van der Waals surface area contributed by atoms with Crippen LogP contribution in [-0.4, -0.2) is 51.6 Å². The maximum absolute atomic E-state index is 13.0. The summed E-state index contributed by atoms with van der Waals surface area (Å²) in [6.45, 7) is 1.37. The molecule has 1 aliphatic heterocycles. The summed E-state index contributed by atoms with van der Waals surface area (Å²) in [7, 11) is -7.20. The summed E-state index contributed by atoms with van der Waals surface area (Å²) in [5.74, 6) is -0.742. The Morgan fingerprint density at radius 1 is 1.08 bits per heavy atom. The third kappa shape index (κ3) is 4.27. The van der Waals surface area contributed by atoms with Gasteiger partial charge in [0.15, 0.2) is 19.7 Å². The number of nitrogens with one attached hydrogen (secondary N) is 2. The van der Waals surface area contributed by atoms with Crippen molar-refractivity contribution in [2.24, 2.45) is 0 Å². The lowest BCUT2D eigenvalue weighted by Crippen LogP contribution is -2.47. The second kappa shape index (κ2) is 7.28. The van der Waals surface area contributed by atoms with Crippen LogP contribution in [0.1, 0.15) is 32.6 Å². The number of carbonyl (C=O) groups excluding carboxylic acids is 1. The molecule has 0 unspecified atom stereocenters. The molecule has 1 aliphatic carbocycles. The van der Waals surface area contributed by atoms with Crippen LogP contribution in [0.2, 0.25) is 0 Å². The van der Waals surface area contributed by atoms with E-state index in [1.165, 1.54) is 31.2 Å². The van der Waals surface area contributed by atoms with Crippen molar-refractivity contribution in [3.8, 4) is 0 Å². The average molecular weight is 401 g/mol. The first kappa shape index (κ1) is 19.3. The summed E-state index contributed by atoms with van der Waals surface area (Å²) in [6.07, 6.45) is 4.07. The van der Waals surface area contributed by atoms with Gasteiger partial charge in [0.25, 0.3) is 0 Å². The molecule has 1 saturated carbocycles. The number of benzene rings is 1. The summed E-state index contributed by atoms with van der Waals surface area (Å²) in [5.41, 5.74) is 0.496. The second-order valence-electron chi connectivity index (χ2n) is 7.12. The van der Waals surface area contributed by atoms with Crippen LogP contribution in [-0.2, 0) is 24.5 Å². The molecule has 7 nitrogen and oxygen atoms in total. The van der Waals surface area contributed by atoms with Crippen molar-refractivity contribution in [1.82, 2.24) is 5.32 Å². The van der Waals surface area contributed by atoms with Crippen molar-refractivity contribution in [3.05, 3.63) is 24.3 Å². The first-order chi connectivity index (χ1) is 12.2. The van der Waals surface area contributed by atoms with Crippen LogP contribution < -0.4 is 10.6 Å². The number of sulfone groups is 2. The summed E-state index contributed by atoms with van der Waals surface area (Å²) in [6, 6.07) is 5.46. The number of hydrogen-bond donors (Lipinski definition) is 2. The lowest BCUT2D eigenvalue weighted by atomic mass is 10.2. The fraction of sp³-hybridized carbons (Fsp3) is 0.588. The summed E-state index contributed by atoms with van der Waals surface area (Å²) in [5, 5.41) is 4.88. The normalized spacial score (nSPS) is 26.0. The molecule has 3 rings (SSSR count). The Bertz CT molecular complexity index is 872. The highest BCUT2D eigenvalue weighted by atomic mass is 32.2. The molecule has 1 heterocycles. The van der Waals surface area contributed by atoms with Crippen molar-refractivity contribution in [1.29, 1.82) is 0 Å². The standard InChI is InChI=1S/C17H24N2O5S2/c1-12(20)18-14-6-8-15(9-7-14)26(23,24)17-11-25(21,22)10-16(17)19-13-4-2-3-5-13/h6-9,13,16-17,19H,2-5,10-11H2,1H3,(H,18,20)/t16-,17-/m1/s1. The van der Waals surface area contributed by atoms with E-state index >= 15 is 0 Å². The highest BCUT2D eigenvalue weighted by Gasteiger charge is 2.46. The van der Waals surface area contributed by atoms with E-state index in [4.69, 9.17) is 0 Å². The Labute approximate surface area is 154 Å². The van der Waals surface area contributed by atoms with Gasteiger partial charge in [0, 0.05) is 24.7 Å². The molecule has 0 spiro atoms. The largest absolute Gasteiger partial charge is 0.326 e. The lowest BCUT2D eigenvalue weighted by Gasteiger charge is -2.23. The molecular weight excluding hydrogens is 376 g/mol. The maximum Gasteiger partial charge on any atom is 0.221 e. The quantitative estimate of drug-likeness (QED) is 0.766. The minimum absolute atomic E-state index is 0.0759. The molecule has 1 aromatic carbocycles. The van der Waals surface area contributed by atoms with Crippen LogP contribution in [0.5, 0.6) is 0 Å². The third-order valence-electron chi connectivity index (χ3n) is 5.01. The van der Waals surface area contributed by atoms with Gasteiger partial charge in [-0.3, -0.25) is 4.79 Å². The van der Waals surface area contributed by atoms with Crippen LogP contribution in [0.3, 0.4) is 0 Å². The smallest absolute Gasteiger partial charge is 0.221 e. The predicted octanol–water partition coefficient (Wildman–Crippen LogP) is 1.12. The zero-order chi connectivity index (χ0) is 18.9. The van der Waals surface area contributed by atoms with Crippen molar-refractivity contribution in [2.45, 2.75) is 54.8 Å². The molecule has 26 heavy (non-hydrogen) atoms. The fourth-order valence-corrected chi connectivity index (χ4v) is 8.46. The predicted molar refractivity (Wildman–Crippen MR) is 99.6 cm³/mol. The lowest BCUT2D eigenvalue weighted by molar-refractivity contribution is -0.114. The Morgan fingerprint density at radius 2 is 1.69 bits per heavy atom. The first-order valence-corrected chi connectivity index (χ1v) is 12.1. The van der Waals surface area contributed by atoms with Gasteiger partial charge in [0.2, 0.25) is 5.91 Å². The van der Waals surface area contributed by atoms with Crippen LogP contribution in [0.4, 0.5) is 5.69 Å². The average Bonchev–Trinajstić information content (AvgIpc) is 3.15. The Kier molecular flexibility index (Phi) is 5.41. The highest BCUT2D eigenvalue weighted by molar-refractivity contribution is 7.96. The molecule has 1 saturated heterocycles. The topological polar surface area (TPSA) is 109 Å². The fourth-order valence-electron chi connectivity index (χ4n) is 3.78. The van der Waals surface area contributed by atoms with Gasteiger partial charge in [0.05, 0.1) is 21.7 Å². The molecular formula is C17H24N2O5S2. The summed E-state index contributed by atoms with van der Waals surface area (Å²) >= 11 is 0. The van der Waals surface area contributed by atoms with Gasteiger partial charge >= 0.3 is 0 Å². The van der Waals surface area contributed by atoms with Gasteiger partial charge in [-0.05, 0) is 37.1 Å². The van der Waals surface area contributed by atoms with E-state index in [1.54, 1.807) is 0 Å². The zero-order valence-electron chi connectivity index (χ0n) is 14.6. The van der Waals surface area contributed by atoms with E-state index in [0.717, 1.165) is 25.7 Å². The van der Waals surface area contributed by atoms with E-state index in [9.17, 15) is 21.6 Å². The number of anilines is 1. The third-order valence-corrected chi connectivity index (χ3v) is 9.17. The molecule has 2 aliphatic rings. The van der Waals surface area contributed by atoms with Crippen LogP contribution in [0.15, 0.2) is 29.2 Å². The molecule has 0 radical (unpaired) electrons. The molecule has 9 heteroatoms. The zero-order valence-corrected chi connectivity index (χ0v) is 16.3. The van der Waals surface area contributed by atoms with E-state index in [1.807, 2.05) is 0 Å². The van der Waals surface area contributed by atoms with E-state index in [2.05, 4.69) is 10.6 Å². The Balaban J connectivity index is 1.84. The van der Waals surface area contributed by atoms with Crippen LogP contribution in [0.25, 0.3) is 0 Å². The van der Waals surface area contributed by atoms with Crippen molar-refractivity contribution in [3.63, 3.8) is 0 Å². The molecule has 2 fully saturated rings. The van der Waals surface area contributed by atoms with Crippen molar-refractivity contribution >= 4 is 31.3 Å². The summed E-state index contributed by atoms with van der Waals surface area (Å²) < 4.78 is 50.3. The number of carbonyl (C=O) groups is 1. The maximum atomic E-state index is 13.0. The van der Waals surface area contributed by atoms with Crippen LogP contribution in [0, 0.1) is 0 Å². The second-order valence-corrected chi connectivity index (χ2v) is 11.4. The van der Waals surface area contributed by atoms with Gasteiger partial charge in [-0.1, -0.05) is 12.8 Å². The van der Waals surface area contributed by atoms with Gasteiger partial charge in [0.1, 0.15) is 0 Å². The minimum atomic E-state index is -3.80. The minimum Gasteiger partial charge on any atom is -0.326 e. The van der Waals surface area contributed by atoms with Gasteiger partial charge in [-0.15, -0.1) is 0 Å². The Hall–Kier alpha value is -1.45. The SMILES string of the molecule is CC(=O)Nc1ccc(S(=O)(=O)[C@@H]2CS(=O)(=O)C[C@H]2NC2CCCC2)cc1. The van der Waals surface area contributed by atoms with Crippen LogP contribution >= 0.6 is 0 Å². The van der Waals surface area contributed by atoms with E-state index < -0.39 is 31.0 Å². The van der Waals surface area contributed by atoms with E-state index in [-0.39, 0.29) is 28.4 Å². The molecule has 2 N–H and O–H groups in total. The molecule has 0 aromatic heterocycles. The molecule has 1 amide bonds. The van der Waals surface area contributed by atoms with E-state index in [0.29, 0.717) is 5.69 Å². The van der Waals surface area contributed by atoms with Gasteiger partial charge in [-0.2, -0.15) is 0 Å². The van der Waals surface area contributed by atoms with Crippen molar-refractivity contribution < 1.29 is 21.6 Å².